The fraction of sp³-hybridized carbons (Fsp3) is 0.400. The first-order valence-electron chi connectivity index (χ1n) is 6.26. The summed E-state index contributed by atoms with van der Waals surface area (Å²) < 4.78 is 0. The summed E-state index contributed by atoms with van der Waals surface area (Å²) in [7, 11) is 0. The van der Waals surface area contributed by atoms with E-state index in [-0.39, 0.29) is 17.4 Å². The van der Waals surface area contributed by atoms with E-state index < -0.39 is 0 Å². The van der Waals surface area contributed by atoms with Crippen molar-refractivity contribution in [3.8, 4) is 0 Å². The summed E-state index contributed by atoms with van der Waals surface area (Å²) in [6.07, 6.45) is 0. The number of para-hydroxylation sites is 1. The standard InChI is InChI=1S/C15H20N2O/c1-10(15(2,3)4)16-14(18)13-9-11-7-5-6-8-12(11)17-13/h5-10,17H,1-4H3,(H,16,18). The Morgan fingerprint density at radius 2 is 1.94 bits per heavy atom. The Morgan fingerprint density at radius 1 is 1.28 bits per heavy atom. The SMILES string of the molecule is CC(NC(=O)c1cc2ccccc2[nH]1)C(C)(C)C. The van der Waals surface area contributed by atoms with Crippen LogP contribution in [-0.4, -0.2) is 16.9 Å². The highest BCUT2D eigenvalue weighted by molar-refractivity contribution is 5.98. The molecule has 0 radical (unpaired) electrons. The molecule has 2 rings (SSSR count). The lowest BCUT2D eigenvalue weighted by atomic mass is 9.88. The summed E-state index contributed by atoms with van der Waals surface area (Å²) in [5, 5.41) is 4.09. The molecule has 0 aliphatic heterocycles. The monoisotopic (exact) mass is 244 g/mol. The number of aromatic amines is 1. The van der Waals surface area contributed by atoms with Crippen LogP contribution in [0.25, 0.3) is 10.9 Å². The highest BCUT2D eigenvalue weighted by atomic mass is 16.1. The van der Waals surface area contributed by atoms with E-state index in [4.69, 9.17) is 0 Å². The van der Waals surface area contributed by atoms with Crippen molar-refractivity contribution >= 4 is 16.8 Å². The van der Waals surface area contributed by atoms with Crippen LogP contribution in [-0.2, 0) is 0 Å². The summed E-state index contributed by atoms with van der Waals surface area (Å²) >= 11 is 0. The van der Waals surface area contributed by atoms with Gasteiger partial charge < -0.3 is 10.3 Å². The molecule has 18 heavy (non-hydrogen) atoms. The molecular weight excluding hydrogens is 224 g/mol. The minimum atomic E-state index is -0.0476. The predicted molar refractivity (Wildman–Crippen MR) is 74.7 cm³/mol. The van der Waals surface area contributed by atoms with Crippen LogP contribution in [0.5, 0.6) is 0 Å². The van der Waals surface area contributed by atoms with Gasteiger partial charge in [0.25, 0.3) is 5.91 Å². The zero-order valence-corrected chi connectivity index (χ0v) is 11.4. The molecule has 0 bridgehead atoms. The molecule has 1 unspecified atom stereocenters. The number of carbonyl (C=O) groups excluding carboxylic acids is 1. The zero-order chi connectivity index (χ0) is 13.3. The topological polar surface area (TPSA) is 44.9 Å². The molecular formula is C15H20N2O. The maximum Gasteiger partial charge on any atom is 0.267 e. The van der Waals surface area contributed by atoms with Crippen LogP contribution in [0.3, 0.4) is 0 Å². The van der Waals surface area contributed by atoms with E-state index in [9.17, 15) is 4.79 Å². The number of hydrogen-bond acceptors (Lipinski definition) is 1. The van der Waals surface area contributed by atoms with Crippen LogP contribution in [0, 0.1) is 5.41 Å². The highest BCUT2D eigenvalue weighted by Crippen LogP contribution is 2.20. The van der Waals surface area contributed by atoms with Crippen molar-refractivity contribution in [1.82, 2.24) is 10.3 Å². The second-order valence-electron chi connectivity index (χ2n) is 5.83. The van der Waals surface area contributed by atoms with E-state index >= 15 is 0 Å². The summed E-state index contributed by atoms with van der Waals surface area (Å²) in [5.41, 5.74) is 1.67. The molecule has 0 aliphatic rings. The Bertz CT molecular complexity index is 530. The van der Waals surface area contributed by atoms with Crippen LogP contribution in [0.15, 0.2) is 30.3 Å². The number of aromatic nitrogens is 1. The molecule has 96 valence electrons. The van der Waals surface area contributed by atoms with Crippen molar-refractivity contribution in [2.24, 2.45) is 5.41 Å². The van der Waals surface area contributed by atoms with Gasteiger partial charge in [0.05, 0.1) is 0 Å². The fourth-order valence-corrected chi connectivity index (χ4v) is 1.69. The molecule has 2 aromatic rings. The van der Waals surface area contributed by atoms with Gasteiger partial charge in [-0.25, -0.2) is 0 Å². The number of H-pyrrole nitrogens is 1. The van der Waals surface area contributed by atoms with Gasteiger partial charge in [-0.1, -0.05) is 39.0 Å². The number of fused-ring (bicyclic) bond motifs is 1. The minimum absolute atomic E-state index is 0.0476. The third kappa shape index (κ3) is 2.55. The van der Waals surface area contributed by atoms with E-state index in [1.165, 1.54) is 0 Å². The van der Waals surface area contributed by atoms with Crippen molar-refractivity contribution in [3.63, 3.8) is 0 Å². The van der Waals surface area contributed by atoms with Crippen LogP contribution in [0.1, 0.15) is 38.2 Å². The van der Waals surface area contributed by atoms with Crippen LogP contribution in [0.4, 0.5) is 0 Å². The summed E-state index contributed by atoms with van der Waals surface area (Å²) in [6, 6.07) is 9.90. The van der Waals surface area contributed by atoms with Crippen LogP contribution >= 0.6 is 0 Å². The van der Waals surface area contributed by atoms with Crippen molar-refractivity contribution in [2.75, 3.05) is 0 Å². The van der Waals surface area contributed by atoms with Crippen molar-refractivity contribution in [1.29, 1.82) is 0 Å². The Morgan fingerprint density at radius 3 is 2.56 bits per heavy atom. The van der Waals surface area contributed by atoms with E-state index in [2.05, 4.69) is 31.1 Å². The lowest BCUT2D eigenvalue weighted by molar-refractivity contribution is 0.0906. The van der Waals surface area contributed by atoms with Gasteiger partial charge in [-0.05, 0) is 24.5 Å². The number of carbonyl (C=O) groups is 1. The molecule has 3 heteroatoms. The van der Waals surface area contributed by atoms with E-state index in [0.717, 1.165) is 10.9 Å². The molecule has 1 atom stereocenters. The number of rotatable bonds is 2. The summed E-state index contributed by atoms with van der Waals surface area (Å²) in [6.45, 7) is 8.37. The maximum absolute atomic E-state index is 12.1. The minimum Gasteiger partial charge on any atom is -0.351 e. The molecule has 0 aliphatic carbocycles. The van der Waals surface area contributed by atoms with Gasteiger partial charge in [-0.15, -0.1) is 0 Å². The normalized spacial score (nSPS) is 13.6. The zero-order valence-electron chi connectivity index (χ0n) is 11.4. The average Bonchev–Trinajstić information content (AvgIpc) is 2.71. The van der Waals surface area contributed by atoms with Crippen LogP contribution < -0.4 is 5.32 Å². The van der Waals surface area contributed by atoms with E-state index in [1.54, 1.807) is 0 Å². The second kappa shape index (κ2) is 4.48. The molecule has 0 fully saturated rings. The summed E-state index contributed by atoms with van der Waals surface area (Å²) in [5.74, 6) is -0.0476. The number of benzene rings is 1. The van der Waals surface area contributed by atoms with Crippen molar-refractivity contribution < 1.29 is 4.79 Å². The molecule has 1 amide bonds. The molecule has 1 heterocycles. The molecule has 0 saturated heterocycles. The van der Waals surface area contributed by atoms with Crippen molar-refractivity contribution in [3.05, 3.63) is 36.0 Å². The third-order valence-electron chi connectivity index (χ3n) is 3.42. The third-order valence-corrected chi connectivity index (χ3v) is 3.42. The number of hydrogen-bond donors (Lipinski definition) is 2. The first-order chi connectivity index (χ1) is 8.38. The Labute approximate surface area is 108 Å². The first-order valence-corrected chi connectivity index (χ1v) is 6.26. The van der Waals surface area contributed by atoms with Gasteiger partial charge in [0.15, 0.2) is 0 Å². The molecule has 3 nitrogen and oxygen atoms in total. The largest absolute Gasteiger partial charge is 0.351 e. The summed E-state index contributed by atoms with van der Waals surface area (Å²) in [4.78, 5) is 15.3. The van der Waals surface area contributed by atoms with Crippen molar-refractivity contribution in [2.45, 2.75) is 33.7 Å². The average molecular weight is 244 g/mol. The quantitative estimate of drug-likeness (QED) is 0.836. The smallest absolute Gasteiger partial charge is 0.267 e. The van der Waals surface area contributed by atoms with Gasteiger partial charge in [-0.2, -0.15) is 0 Å². The van der Waals surface area contributed by atoms with Gasteiger partial charge in [0, 0.05) is 16.9 Å². The Balaban J connectivity index is 2.19. The first kappa shape index (κ1) is 12.7. The predicted octanol–water partition coefficient (Wildman–Crippen LogP) is 3.33. The lowest BCUT2D eigenvalue weighted by Crippen LogP contribution is -2.41. The Kier molecular flexibility index (Phi) is 3.16. The van der Waals surface area contributed by atoms with Crippen LogP contribution in [0.2, 0.25) is 0 Å². The molecule has 0 spiro atoms. The number of nitrogens with one attached hydrogen (secondary N) is 2. The second-order valence-corrected chi connectivity index (χ2v) is 5.83. The van der Waals surface area contributed by atoms with Gasteiger partial charge in [0.2, 0.25) is 0 Å². The van der Waals surface area contributed by atoms with Gasteiger partial charge in [0.1, 0.15) is 5.69 Å². The van der Waals surface area contributed by atoms with Gasteiger partial charge >= 0.3 is 0 Å². The fourth-order valence-electron chi connectivity index (χ4n) is 1.69. The molecule has 0 saturated carbocycles. The molecule has 1 aromatic heterocycles. The van der Waals surface area contributed by atoms with Gasteiger partial charge in [-0.3, -0.25) is 4.79 Å². The molecule has 1 aromatic carbocycles. The Hall–Kier alpha value is -1.77. The van der Waals surface area contributed by atoms with E-state index in [0.29, 0.717) is 5.69 Å². The number of amides is 1. The highest BCUT2D eigenvalue weighted by Gasteiger charge is 2.22. The lowest BCUT2D eigenvalue weighted by Gasteiger charge is -2.27. The van der Waals surface area contributed by atoms with E-state index in [1.807, 2.05) is 37.3 Å². The maximum atomic E-state index is 12.1. The molecule has 2 N–H and O–H groups in total.